The first kappa shape index (κ1) is 20.2. The molecule has 0 fully saturated rings. The van der Waals surface area contributed by atoms with Crippen molar-refractivity contribution in [2.24, 2.45) is 0 Å². The van der Waals surface area contributed by atoms with E-state index in [9.17, 15) is 9.59 Å². The number of ether oxygens (including phenoxy) is 2. The fraction of sp³-hybridized carbons (Fsp3) is 0.286. The molecule has 4 rings (SSSR count). The van der Waals surface area contributed by atoms with Gasteiger partial charge in [-0.05, 0) is 31.2 Å². The molecule has 2 amide bonds. The van der Waals surface area contributed by atoms with Crippen LogP contribution in [-0.2, 0) is 16.1 Å². The molecular weight excluding hydrogens is 372 g/mol. The number of hydrogen-bond donors (Lipinski definition) is 1. The zero-order chi connectivity index (χ0) is 20.6. The largest absolute Gasteiger partial charge is 0.454 e. The molecule has 3 aromatic rings. The number of para-hydroxylation sites is 4. The number of carbonyl (C=O) groups excluding carboxylic acids is 2. The van der Waals surface area contributed by atoms with E-state index in [0.29, 0.717) is 26.3 Å². The van der Waals surface area contributed by atoms with E-state index in [1.807, 2.05) is 55.5 Å². The maximum Gasteiger partial charge on any atom is 0.239 e. The minimum atomic E-state index is -0.165. The Labute approximate surface area is 169 Å². The van der Waals surface area contributed by atoms with E-state index in [1.54, 1.807) is 7.05 Å². The smallest absolute Gasteiger partial charge is 0.239 e. The molecule has 1 aliphatic heterocycles. The van der Waals surface area contributed by atoms with Crippen LogP contribution in [0, 0.1) is 6.92 Å². The third-order valence-corrected chi connectivity index (χ3v) is 4.35. The minimum absolute atomic E-state index is 0.0765. The predicted molar refractivity (Wildman–Crippen MR) is 109 cm³/mol. The fourth-order valence-corrected chi connectivity index (χ4v) is 2.95. The average molecular weight is 396 g/mol. The number of carbonyl (C=O) groups is 2. The van der Waals surface area contributed by atoms with Gasteiger partial charge in [0.15, 0.2) is 11.5 Å². The molecule has 8 heteroatoms. The minimum Gasteiger partial charge on any atom is -0.454 e. The van der Waals surface area contributed by atoms with Gasteiger partial charge < -0.3 is 24.3 Å². The first-order valence-electron chi connectivity index (χ1n) is 9.27. The van der Waals surface area contributed by atoms with Crippen LogP contribution < -0.4 is 14.8 Å². The highest BCUT2D eigenvalue weighted by molar-refractivity contribution is 5.79. The van der Waals surface area contributed by atoms with Gasteiger partial charge in [-0.25, -0.2) is 4.98 Å². The standard InChI is InChI=1S/C14H18N4O2.C7H6O2/c1-11-16-12-5-3-4-6-13(12)18(11)8-7-15-14(20)9-17(2)10-19;1-2-4-7-6(3-1)8-5-9-7/h3-6,10H,7-9H2,1-2H3,(H,15,20);1-4H,5H2. The summed E-state index contributed by atoms with van der Waals surface area (Å²) in [7, 11) is 1.57. The van der Waals surface area contributed by atoms with E-state index in [4.69, 9.17) is 9.47 Å². The summed E-state index contributed by atoms with van der Waals surface area (Å²) in [4.78, 5) is 27.7. The van der Waals surface area contributed by atoms with Gasteiger partial charge in [0, 0.05) is 20.1 Å². The second-order valence-corrected chi connectivity index (χ2v) is 6.52. The Morgan fingerprint density at radius 2 is 1.83 bits per heavy atom. The third-order valence-electron chi connectivity index (χ3n) is 4.35. The van der Waals surface area contributed by atoms with Gasteiger partial charge in [0.1, 0.15) is 5.82 Å². The number of benzene rings is 2. The van der Waals surface area contributed by atoms with Crippen molar-refractivity contribution in [2.75, 3.05) is 26.9 Å². The van der Waals surface area contributed by atoms with Crippen molar-refractivity contribution in [3.8, 4) is 11.5 Å². The van der Waals surface area contributed by atoms with E-state index in [1.165, 1.54) is 4.90 Å². The van der Waals surface area contributed by atoms with Crippen molar-refractivity contribution >= 4 is 23.4 Å². The number of likely N-dealkylation sites (N-methyl/N-ethyl adjacent to an activating group) is 1. The molecule has 0 radical (unpaired) electrons. The molecule has 0 bridgehead atoms. The lowest BCUT2D eigenvalue weighted by atomic mass is 10.3. The molecule has 1 aromatic heterocycles. The molecule has 0 atom stereocenters. The molecule has 152 valence electrons. The summed E-state index contributed by atoms with van der Waals surface area (Å²) in [6, 6.07) is 15.5. The van der Waals surface area contributed by atoms with Crippen molar-refractivity contribution in [1.29, 1.82) is 0 Å². The van der Waals surface area contributed by atoms with Gasteiger partial charge >= 0.3 is 0 Å². The van der Waals surface area contributed by atoms with Gasteiger partial charge in [-0.1, -0.05) is 24.3 Å². The molecular formula is C21H24N4O4. The van der Waals surface area contributed by atoms with Gasteiger partial charge in [0.2, 0.25) is 19.1 Å². The Balaban J connectivity index is 0.000000220. The second-order valence-electron chi connectivity index (χ2n) is 6.52. The first-order valence-corrected chi connectivity index (χ1v) is 9.27. The summed E-state index contributed by atoms with van der Waals surface area (Å²) in [6.45, 7) is 3.55. The summed E-state index contributed by atoms with van der Waals surface area (Å²) in [5.41, 5.74) is 2.02. The summed E-state index contributed by atoms with van der Waals surface area (Å²) in [6.07, 6.45) is 0.632. The molecule has 0 unspecified atom stereocenters. The zero-order valence-corrected chi connectivity index (χ0v) is 16.5. The van der Waals surface area contributed by atoms with Gasteiger partial charge in [-0.3, -0.25) is 9.59 Å². The number of amides is 2. The number of fused-ring (bicyclic) bond motifs is 2. The molecule has 0 saturated heterocycles. The van der Waals surface area contributed by atoms with E-state index in [2.05, 4.69) is 14.9 Å². The van der Waals surface area contributed by atoms with Crippen molar-refractivity contribution in [3.63, 3.8) is 0 Å². The van der Waals surface area contributed by atoms with Crippen molar-refractivity contribution in [2.45, 2.75) is 13.5 Å². The highest BCUT2D eigenvalue weighted by atomic mass is 16.7. The van der Waals surface area contributed by atoms with Crippen LogP contribution in [0.5, 0.6) is 11.5 Å². The molecule has 0 aliphatic carbocycles. The van der Waals surface area contributed by atoms with Crippen LogP contribution >= 0.6 is 0 Å². The van der Waals surface area contributed by atoms with Crippen molar-refractivity contribution in [1.82, 2.24) is 19.8 Å². The summed E-state index contributed by atoms with van der Waals surface area (Å²) in [5.74, 6) is 2.45. The van der Waals surface area contributed by atoms with Crippen molar-refractivity contribution < 1.29 is 19.1 Å². The molecule has 2 heterocycles. The number of rotatable bonds is 6. The lowest BCUT2D eigenvalue weighted by Crippen LogP contribution is -2.36. The normalized spacial score (nSPS) is 11.5. The van der Waals surface area contributed by atoms with Gasteiger partial charge in [-0.15, -0.1) is 0 Å². The Hall–Kier alpha value is -3.55. The van der Waals surface area contributed by atoms with Crippen LogP contribution in [0.1, 0.15) is 5.82 Å². The van der Waals surface area contributed by atoms with Gasteiger partial charge in [0.25, 0.3) is 0 Å². The highest BCUT2D eigenvalue weighted by Gasteiger charge is 2.10. The predicted octanol–water partition coefficient (Wildman–Crippen LogP) is 1.96. The van der Waals surface area contributed by atoms with Crippen LogP contribution in [0.25, 0.3) is 11.0 Å². The Morgan fingerprint density at radius 3 is 2.52 bits per heavy atom. The van der Waals surface area contributed by atoms with Crippen LogP contribution in [0.4, 0.5) is 0 Å². The number of hydrogen-bond acceptors (Lipinski definition) is 5. The SMILES string of the molecule is Cc1nc2ccccc2n1CCNC(=O)CN(C)C=O.c1ccc2c(c1)OCO2. The van der Waals surface area contributed by atoms with Crippen molar-refractivity contribution in [3.05, 3.63) is 54.4 Å². The number of aromatic nitrogens is 2. The monoisotopic (exact) mass is 396 g/mol. The summed E-state index contributed by atoms with van der Waals surface area (Å²) >= 11 is 0. The molecule has 8 nitrogen and oxygen atoms in total. The Morgan fingerprint density at radius 1 is 1.17 bits per heavy atom. The second kappa shape index (κ2) is 9.59. The first-order chi connectivity index (χ1) is 14.1. The maximum atomic E-state index is 11.6. The lowest BCUT2D eigenvalue weighted by molar-refractivity contribution is -0.127. The van der Waals surface area contributed by atoms with Crippen LogP contribution in [-0.4, -0.2) is 53.7 Å². The summed E-state index contributed by atoms with van der Waals surface area (Å²) in [5, 5.41) is 2.79. The van der Waals surface area contributed by atoms with E-state index < -0.39 is 0 Å². The van der Waals surface area contributed by atoms with E-state index in [0.717, 1.165) is 28.4 Å². The number of nitrogens with zero attached hydrogens (tertiary/aromatic N) is 3. The summed E-state index contributed by atoms with van der Waals surface area (Å²) < 4.78 is 12.2. The molecule has 29 heavy (non-hydrogen) atoms. The molecule has 0 saturated carbocycles. The maximum absolute atomic E-state index is 11.6. The fourth-order valence-electron chi connectivity index (χ4n) is 2.95. The molecule has 1 N–H and O–H groups in total. The van der Waals surface area contributed by atoms with Gasteiger partial charge in [0.05, 0.1) is 17.6 Å². The quantitative estimate of drug-likeness (QED) is 0.644. The average Bonchev–Trinajstić information content (AvgIpc) is 3.32. The number of imidazole rings is 1. The van der Waals surface area contributed by atoms with Gasteiger partial charge in [-0.2, -0.15) is 0 Å². The Bertz CT molecular complexity index is 963. The third kappa shape index (κ3) is 5.25. The van der Waals surface area contributed by atoms with E-state index >= 15 is 0 Å². The number of aryl methyl sites for hydroxylation is 1. The molecule has 2 aromatic carbocycles. The van der Waals surface area contributed by atoms with E-state index in [-0.39, 0.29) is 12.5 Å². The topological polar surface area (TPSA) is 85.7 Å². The highest BCUT2D eigenvalue weighted by Crippen LogP contribution is 2.30. The molecule has 1 aliphatic rings. The Kier molecular flexibility index (Phi) is 6.67. The lowest BCUT2D eigenvalue weighted by Gasteiger charge is -2.11. The zero-order valence-electron chi connectivity index (χ0n) is 16.5. The van der Waals surface area contributed by atoms with Crippen LogP contribution in [0.15, 0.2) is 48.5 Å². The molecule has 0 spiro atoms. The van der Waals surface area contributed by atoms with Crippen LogP contribution in [0.2, 0.25) is 0 Å². The van der Waals surface area contributed by atoms with Crippen LogP contribution in [0.3, 0.4) is 0 Å². The number of nitrogens with one attached hydrogen (secondary N) is 1.